The maximum Gasteiger partial charge on any atom is 0.175 e. The van der Waals surface area contributed by atoms with Gasteiger partial charge in [0.05, 0.1) is 11.4 Å². The van der Waals surface area contributed by atoms with Gasteiger partial charge in [-0.3, -0.25) is 0 Å². The minimum atomic E-state index is -3.19. The van der Waals surface area contributed by atoms with Crippen LogP contribution in [0.15, 0.2) is 39.6 Å². The Balaban J connectivity index is 2.16. The van der Waals surface area contributed by atoms with Gasteiger partial charge in [-0.15, -0.1) is 0 Å². The average molecular weight is 293 g/mol. The Hall–Kier alpha value is -1.75. The third kappa shape index (κ3) is 3.42. The van der Waals surface area contributed by atoms with Gasteiger partial charge in [0.25, 0.3) is 0 Å². The predicted octanol–water partition coefficient (Wildman–Crippen LogP) is 3.17. The Labute approximate surface area is 119 Å². The maximum absolute atomic E-state index is 11.6. The molecule has 0 bridgehead atoms. The molecule has 0 saturated carbocycles. The first kappa shape index (κ1) is 14.7. The molecule has 1 N–H and O–H groups in total. The molecule has 0 aliphatic rings. The zero-order valence-electron chi connectivity index (χ0n) is 11.9. The van der Waals surface area contributed by atoms with Crippen molar-refractivity contribution in [3.8, 4) is 0 Å². The van der Waals surface area contributed by atoms with Gasteiger partial charge in [-0.1, -0.05) is 13.0 Å². The predicted molar refractivity (Wildman–Crippen MR) is 79.7 cm³/mol. The lowest BCUT2D eigenvalue weighted by molar-refractivity contribution is 0.476. The Morgan fingerprint density at radius 3 is 2.45 bits per heavy atom. The van der Waals surface area contributed by atoms with Crippen LogP contribution in [0.25, 0.3) is 0 Å². The highest BCUT2D eigenvalue weighted by Gasteiger charge is 2.09. The van der Waals surface area contributed by atoms with Crippen LogP contribution in [-0.4, -0.2) is 14.7 Å². The van der Waals surface area contributed by atoms with E-state index in [0.717, 1.165) is 29.2 Å². The van der Waals surface area contributed by atoms with Crippen molar-refractivity contribution in [2.45, 2.75) is 31.7 Å². The second kappa shape index (κ2) is 5.71. The van der Waals surface area contributed by atoms with Gasteiger partial charge in [0.1, 0.15) is 11.5 Å². The fourth-order valence-corrected chi connectivity index (χ4v) is 2.56. The van der Waals surface area contributed by atoms with E-state index in [4.69, 9.17) is 4.42 Å². The first-order chi connectivity index (χ1) is 9.40. The molecule has 0 saturated heterocycles. The van der Waals surface area contributed by atoms with Crippen molar-refractivity contribution in [3.63, 3.8) is 0 Å². The van der Waals surface area contributed by atoms with Crippen molar-refractivity contribution in [2.75, 3.05) is 11.6 Å². The van der Waals surface area contributed by atoms with Crippen molar-refractivity contribution in [2.24, 2.45) is 0 Å². The Bertz CT molecular complexity index is 702. The fraction of sp³-hybridized carbons (Fsp3) is 0.333. The molecule has 0 aliphatic heterocycles. The molecule has 1 aromatic heterocycles. The summed E-state index contributed by atoms with van der Waals surface area (Å²) in [4.78, 5) is 0.319. The minimum Gasteiger partial charge on any atom is -0.464 e. The van der Waals surface area contributed by atoms with Gasteiger partial charge in [-0.2, -0.15) is 0 Å². The van der Waals surface area contributed by atoms with Crippen LogP contribution in [0.2, 0.25) is 0 Å². The zero-order valence-corrected chi connectivity index (χ0v) is 12.8. The summed E-state index contributed by atoms with van der Waals surface area (Å²) in [7, 11) is -3.19. The van der Waals surface area contributed by atoms with Crippen LogP contribution < -0.4 is 5.32 Å². The summed E-state index contributed by atoms with van der Waals surface area (Å²) in [5, 5.41) is 3.22. The molecule has 0 aliphatic carbocycles. The molecular weight excluding hydrogens is 274 g/mol. The molecule has 0 spiro atoms. The molecule has 2 aromatic rings. The van der Waals surface area contributed by atoms with Crippen molar-refractivity contribution in [3.05, 3.63) is 47.4 Å². The number of nitrogens with one attached hydrogen (secondary N) is 1. The molecular formula is C15H19NO3S. The van der Waals surface area contributed by atoms with E-state index >= 15 is 0 Å². The number of aryl methyl sites for hydroxylation is 2. The summed E-state index contributed by atoms with van der Waals surface area (Å²) >= 11 is 0. The van der Waals surface area contributed by atoms with Crippen LogP contribution >= 0.6 is 0 Å². The van der Waals surface area contributed by atoms with Gasteiger partial charge >= 0.3 is 0 Å². The SMILES string of the molecule is CCc1ccc(CNc2cc(S(C)(=O)=O)ccc2C)o1. The summed E-state index contributed by atoms with van der Waals surface area (Å²) < 4.78 is 28.7. The maximum atomic E-state index is 11.6. The van der Waals surface area contributed by atoms with Crippen molar-refractivity contribution < 1.29 is 12.8 Å². The lowest BCUT2D eigenvalue weighted by Gasteiger charge is -2.10. The van der Waals surface area contributed by atoms with E-state index in [1.807, 2.05) is 26.0 Å². The first-order valence-corrected chi connectivity index (χ1v) is 8.41. The van der Waals surface area contributed by atoms with Crippen LogP contribution in [0, 0.1) is 6.92 Å². The fourth-order valence-electron chi connectivity index (χ4n) is 1.91. The zero-order chi connectivity index (χ0) is 14.8. The third-order valence-corrected chi connectivity index (χ3v) is 4.27. The topological polar surface area (TPSA) is 59.3 Å². The first-order valence-electron chi connectivity index (χ1n) is 6.52. The number of furan rings is 1. The molecule has 0 unspecified atom stereocenters. The Kier molecular flexibility index (Phi) is 4.18. The molecule has 0 atom stereocenters. The van der Waals surface area contributed by atoms with Gasteiger partial charge in [-0.25, -0.2) is 8.42 Å². The Morgan fingerprint density at radius 2 is 1.85 bits per heavy atom. The minimum absolute atomic E-state index is 0.319. The van der Waals surface area contributed by atoms with E-state index in [-0.39, 0.29) is 0 Å². The summed E-state index contributed by atoms with van der Waals surface area (Å²) in [5.41, 5.74) is 1.81. The van der Waals surface area contributed by atoms with E-state index in [1.54, 1.807) is 18.2 Å². The highest BCUT2D eigenvalue weighted by atomic mass is 32.2. The largest absolute Gasteiger partial charge is 0.464 e. The monoisotopic (exact) mass is 293 g/mol. The van der Waals surface area contributed by atoms with E-state index in [9.17, 15) is 8.42 Å². The van der Waals surface area contributed by atoms with Gasteiger partial charge < -0.3 is 9.73 Å². The summed E-state index contributed by atoms with van der Waals surface area (Å²) in [6, 6.07) is 8.98. The van der Waals surface area contributed by atoms with Crippen LogP contribution in [0.5, 0.6) is 0 Å². The highest BCUT2D eigenvalue weighted by molar-refractivity contribution is 7.90. The molecule has 5 heteroatoms. The van der Waals surface area contributed by atoms with E-state index in [1.165, 1.54) is 6.26 Å². The number of anilines is 1. The number of benzene rings is 1. The summed E-state index contributed by atoms with van der Waals surface area (Å²) in [6.45, 7) is 4.51. The van der Waals surface area contributed by atoms with E-state index in [2.05, 4.69) is 5.32 Å². The van der Waals surface area contributed by atoms with Crippen molar-refractivity contribution >= 4 is 15.5 Å². The van der Waals surface area contributed by atoms with Crippen molar-refractivity contribution in [1.82, 2.24) is 0 Å². The van der Waals surface area contributed by atoms with E-state index in [0.29, 0.717) is 11.4 Å². The van der Waals surface area contributed by atoms with E-state index < -0.39 is 9.84 Å². The van der Waals surface area contributed by atoms with Crippen molar-refractivity contribution in [1.29, 1.82) is 0 Å². The van der Waals surface area contributed by atoms with Gasteiger partial charge in [0.15, 0.2) is 9.84 Å². The van der Waals surface area contributed by atoms with Gasteiger partial charge in [-0.05, 0) is 36.8 Å². The van der Waals surface area contributed by atoms with Gasteiger partial charge in [0.2, 0.25) is 0 Å². The summed E-state index contributed by atoms with van der Waals surface area (Å²) in [5.74, 6) is 1.79. The molecule has 4 nitrogen and oxygen atoms in total. The van der Waals surface area contributed by atoms with Gasteiger partial charge in [0, 0.05) is 18.4 Å². The normalized spacial score (nSPS) is 11.6. The Morgan fingerprint density at radius 1 is 1.15 bits per heavy atom. The average Bonchev–Trinajstić information content (AvgIpc) is 2.84. The molecule has 1 aromatic carbocycles. The second-order valence-electron chi connectivity index (χ2n) is 4.82. The molecule has 108 valence electrons. The quantitative estimate of drug-likeness (QED) is 0.920. The van der Waals surface area contributed by atoms with Crippen LogP contribution in [0.1, 0.15) is 24.0 Å². The molecule has 2 rings (SSSR count). The van der Waals surface area contributed by atoms with Crippen LogP contribution in [-0.2, 0) is 22.8 Å². The van der Waals surface area contributed by atoms with Crippen LogP contribution in [0.3, 0.4) is 0 Å². The molecule has 1 heterocycles. The lowest BCUT2D eigenvalue weighted by Crippen LogP contribution is -2.03. The number of hydrogen-bond acceptors (Lipinski definition) is 4. The highest BCUT2D eigenvalue weighted by Crippen LogP contribution is 2.21. The summed E-state index contributed by atoms with van der Waals surface area (Å²) in [6.07, 6.45) is 2.07. The third-order valence-electron chi connectivity index (χ3n) is 3.16. The standard InChI is InChI=1S/C15H19NO3S/c1-4-12-6-7-13(19-12)10-16-15-9-14(20(3,17)18)8-5-11(15)2/h5-9,16H,4,10H2,1-3H3. The number of hydrogen-bond donors (Lipinski definition) is 1. The van der Waals surface area contributed by atoms with Crippen LogP contribution in [0.4, 0.5) is 5.69 Å². The lowest BCUT2D eigenvalue weighted by atomic mass is 10.2. The molecule has 0 amide bonds. The molecule has 20 heavy (non-hydrogen) atoms. The number of sulfone groups is 1. The second-order valence-corrected chi connectivity index (χ2v) is 6.84. The molecule has 0 radical (unpaired) electrons. The number of rotatable bonds is 5. The molecule has 0 fully saturated rings. The smallest absolute Gasteiger partial charge is 0.175 e.